The number of nitrogens with zero attached hydrogens (tertiary/aromatic N) is 2. The van der Waals surface area contributed by atoms with Crippen LogP contribution in [0.5, 0.6) is 0 Å². The number of hydrogen-bond donors (Lipinski definition) is 1. The van der Waals surface area contributed by atoms with Gasteiger partial charge in [0.25, 0.3) is 0 Å². The van der Waals surface area contributed by atoms with Gasteiger partial charge in [-0.3, -0.25) is 14.8 Å². The second kappa shape index (κ2) is 6.11. The number of carbonyl (C=O) groups excluding carboxylic acids is 1. The van der Waals surface area contributed by atoms with Crippen molar-refractivity contribution in [2.24, 2.45) is 0 Å². The van der Waals surface area contributed by atoms with Crippen LogP contribution in [0.25, 0.3) is 0 Å². The Hall–Kier alpha value is -1.45. The molecule has 0 aliphatic heterocycles. The van der Waals surface area contributed by atoms with Crippen molar-refractivity contribution in [1.82, 2.24) is 15.3 Å². The minimum absolute atomic E-state index is 0.0677. The van der Waals surface area contributed by atoms with E-state index in [0.717, 1.165) is 0 Å². The molecule has 0 saturated heterocycles. The Morgan fingerprint density at radius 3 is 1.54 bits per heavy atom. The van der Waals surface area contributed by atoms with E-state index in [4.69, 9.17) is 0 Å². The van der Waals surface area contributed by atoms with Crippen LogP contribution < -0.4 is 5.32 Å². The van der Waals surface area contributed by atoms with Crippen LogP contribution in [0.2, 0.25) is 0 Å². The van der Waals surface area contributed by atoms with Crippen LogP contribution in [0, 0.1) is 0 Å². The van der Waals surface area contributed by atoms with Gasteiger partial charge in [0.2, 0.25) is 6.41 Å². The third-order valence-electron chi connectivity index (χ3n) is 0.970. The van der Waals surface area contributed by atoms with E-state index in [1.807, 2.05) is 20.8 Å². The molecule has 0 saturated carbocycles. The number of rotatable bonds is 1. The van der Waals surface area contributed by atoms with Gasteiger partial charge in [-0.2, -0.15) is 0 Å². The molecule has 1 aromatic heterocycles. The highest BCUT2D eigenvalue weighted by Gasteiger charge is 2.04. The summed E-state index contributed by atoms with van der Waals surface area (Å²) in [5.41, 5.74) is -0.0677. The summed E-state index contributed by atoms with van der Waals surface area (Å²) in [7, 11) is 0. The van der Waals surface area contributed by atoms with Crippen molar-refractivity contribution in [1.29, 1.82) is 0 Å². The zero-order chi connectivity index (χ0) is 10.2. The molecule has 4 nitrogen and oxygen atoms in total. The van der Waals surface area contributed by atoms with Crippen LogP contribution in [0.3, 0.4) is 0 Å². The SMILES string of the molecule is CC(C)(C)NC=O.c1cnccn1. The van der Waals surface area contributed by atoms with Crippen molar-refractivity contribution in [2.75, 3.05) is 0 Å². The number of carbonyl (C=O) groups is 1. The van der Waals surface area contributed by atoms with Crippen molar-refractivity contribution in [3.05, 3.63) is 24.8 Å². The highest BCUT2D eigenvalue weighted by molar-refractivity contribution is 5.47. The van der Waals surface area contributed by atoms with Crippen LogP contribution in [0.4, 0.5) is 0 Å². The van der Waals surface area contributed by atoms with E-state index < -0.39 is 0 Å². The maximum atomic E-state index is 9.71. The molecule has 0 aliphatic rings. The Morgan fingerprint density at radius 1 is 1.08 bits per heavy atom. The van der Waals surface area contributed by atoms with E-state index in [1.165, 1.54) is 0 Å². The Bertz CT molecular complexity index is 191. The molecule has 0 spiro atoms. The lowest BCUT2D eigenvalue weighted by atomic mass is 10.1. The molecule has 1 rings (SSSR count). The van der Waals surface area contributed by atoms with Gasteiger partial charge in [-0.1, -0.05) is 0 Å². The second-order valence-electron chi connectivity index (χ2n) is 3.41. The molecule has 13 heavy (non-hydrogen) atoms. The Balaban J connectivity index is 0.000000223. The molecule has 0 bridgehead atoms. The van der Waals surface area contributed by atoms with E-state index in [1.54, 1.807) is 24.8 Å². The van der Waals surface area contributed by atoms with Gasteiger partial charge in [-0.15, -0.1) is 0 Å². The van der Waals surface area contributed by atoms with E-state index >= 15 is 0 Å². The summed E-state index contributed by atoms with van der Waals surface area (Å²) in [6.07, 6.45) is 7.26. The lowest BCUT2D eigenvalue weighted by Gasteiger charge is -2.15. The summed E-state index contributed by atoms with van der Waals surface area (Å²) in [6, 6.07) is 0. The van der Waals surface area contributed by atoms with Crippen LogP contribution in [-0.4, -0.2) is 21.9 Å². The van der Waals surface area contributed by atoms with E-state index in [-0.39, 0.29) is 5.54 Å². The number of aromatic nitrogens is 2. The molecule has 0 fully saturated rings. The van der Waals surface area contributed by atoms with Gasteiger partial charge in [0, 0.05) is 30.3 Å². The molecule has 1 aromatic rings. The molecule has 1 amide bonds. The average Bonchev–Trinajstić information content (AvgIpc) is 2.06. The lowest BCUT2D eigenvalue weighted by molar-refractivity contribution is -0.110. The fourth-order valence-electron chi connectivity index (χ4n) is 0.430. The topological polar surface area (TPSA) is 54.9 Å². The maximum absolute atomic E-state index is 9.71. The predicted molar refractivity (Wildman–Crippen MR) is 51.0 cm³/mol. The smallest absolute Gasteiger partial charge is 0.207 e. The Labute approximate surface area is 78.4 Å². The maximum Gasteiger partial charge on any atom is 0.207 e. The summed E-state index contributed by atoms with van der Waals surface area (Å²) in [4.78, 5) is 17.2. The summed E-state index contributed by atoms with van der Waals surface area (Å²) in [5, 5.41) is 2.60. The predicted octanol–water partition coefficient (Wildman–Crippen LogP) is 1.01. The third kappa shape index (κ3) is 10.6. The highest BCUT2D eigenvalue weighted by atomic mass is 16.1. The number of nitrogens with one attached hydrogen (secondary N) is 1. The zero-order valence-electron chi connectivity index (χ0n) is 8.19. The van der Waals surface area contributed by atoms with E-state index in [0.29, 0.717) is 6.41 Å². The lowest BCUT2D eigenvalue weighted by Crippen LogP contribution is -2.34. The molecule has 1 heterocycles. The first kappa shape index (κ1) is 11.6. The second-order valence-corrected chi connectivity index (χ2v) is 3.41. The molecule has 0 atom stereocenters. The summed E-state index contributed by atoms with van der Waals surface area (Å²) >= 11 is 0. The summed E-state index contributed by atoms with van der Waals surface area (Å²) < 4.78 is 0. The molecule has 72 valence electrons. The minimum atomic E-state index is -0.0677. The third-order valence-corrected chi connectivity index (χ3v) is 0.970. The first-order valence-electron chi connectivity index (χ1n) is 3.97. The molecular formula is C9H15N3O. The van der Waals surface area contributed by atoms with Gasteiger partial charge in [0.15, 0.2) is 0 Å². The number of hydrogen-bond acceptors (Lipinski definition) is 3. The van der Waals surface area contributed by atoms with E-state index in [9.17, 15) is 4.79 Å². The van der Waals surface area contributed by atoms with Crippen molar-refractivity contribution < 1.29 is 4.79 Å². The molecule has 0 unspecified atom stereocenters. The standard InChI is InChI=1S/C5H11NO.C4H4N2/c1-5(2,3)6-4-7;1-2-6-4-3-5-1/h4H,1-3H3,(H,6,7);1-4H. The van der Waals surface area contributed by atoms with Crippen LogP contribution in [-0.2, 0) is 4.79 Å². The molecule has 0 aliphatic carbocycles. The molecule has 0 aromatic carbocycles. The van der Waals surface area contributed by atoms with Gasteiger partial charge in [0.05, 0.1) is 0 Å². The first-order chi connectivity index (χ1) is 6.06. The fraction of sp³-hybridized carbons (Fsp3) is 0.444. The van der Waals surface area contributed by atoms with Crippen LogP contribution in [0.15, 0.2) is 24.8 Å². The molecular weight excluding hydrogens is 166 g/mol. The number of amides is 1. The molecule has 0 radical (unpaired) electrons. The summed E-state index contributed by atoms with van der Waals surface area (Å²) in [5.74, 6) is 0. The average molecular weight is 181 g/mol. The molecule has 4 heteroatoms. The van der Waals surface area contributed by atoms with Crippen LogP contribution in [0.1, 0.15) is 20.8 Å². The molecule has 1 N–H and O–H groups in total. The van der Waals surface area contributed by atoms with Gasteiger partial charge in [-0.25, -0.2) is 0 Å². The van der Waals surface area contributed by atoms with Gasteiger partial charge < -0.3 is 5.32 Å². The minimum Gasteiger partial charge on any atom is -0.354 e. The first-order valence-corrected chi connectivity index (χ1v) is 3.97. The van der Waals surface area contributed by atoms with Gasteiger partial charge in [0.1, 0.15) is 0 Å². The summed E-state index contributed by atoms with van der Waals surface area (Å²) in [6.45, 7) is 5.80. The van der Waals surface area contributed by atoms with Crippen molar-refractivity contribution in [3.63, 3.8) is 0 Å². The van der Waals surface area contributed by atoms with Crippen molar-refractivity contribution in [3.8, 4) is 0 Å². The van der Waals surface area contributed by atoms with Crippen molar-refractivity contribution >= 4 is 6.41 Å². The van der Waals surface area contributed by atoms with E-state index in [2.05, 4.69) is 15.3 Å². The van der Waals surface area contributed by atoms with Crippen molar-refractivity contribution in [2.45, 2.75) is 26.3 Å². The monoisotopic (exact) mass is 181 g/mol. The highest BCUT2D eigenvalue weighted by Crippen LogP contribution is 1.94. The van der Waals surface area contributed by atoms with Gasteiger partial charge in [-0.05, 0) is 20.8 Å². The largest absolute Gasteiger partial charge is 0.354 e. The van der Waals surface area contributed by atoms with Crippen LogP contribution >= 0.6 is 0 Å². The Morgan fingerprint density at radius 2 is 1.46 bits per heavy atom. The normalized spacial score (nSPS) is 9.46. The fourth-order valence-corrected chi connectivity index (χ4v) is 0.430. The quantitative estimate of drug-likeness (QED) is 0.658. The zero-order valence-corrected chi connectivity index (χ0v) is 8.19. The Kier molecular flexibility index (Phi) is 5.43. The van der Waals surface area contributed by atoms with Gasteiger partial charge >= 0.3 is 0 Å².